The molecule has 1 amide bonds. The molecule has 0 bridgehead atoms. The molecule has 5 N–H and O–H groups in total. The molecule has 4 aromatic carbocycles. The standard InChI is InChI=1S/C27H24N6O4S/c1-14-10-21(22(37-3)13-23(14)38-28-2)32-33-24-17-7-5-4-6-15(17)11-18(25(24)34)26(35)29-16-8-9-19-20(12-16)31-27(36)30-19/h4-13,28,34H,1-3H3,(H,29,35)(H2,30,31,36)/b33-32+. The molecular formula is C27H24N6O4S. The topological polar surface area (TPSA) is 144 Å². The number of fused-ring (bicyclic) bond motifs is 2. The quantitative estimate of drug-likeness (QED) is 0.131. The third kappa shape index (κ3) is 4.84. The molecule has 0 aliphatic carbocycles. The number of rotatable bonds is 7. The van der Waals surface area contributed by atoms with Crippen LogP contribution in [0.15, 0.2) is 80.6 Å². The number of carbonyl (C=O) groups excluding carboxylic acids is 1. The number of amides is 1. The minimum absolute atomic E-state index is 0.0317. The van der Waals surface area contributed by atoms with Crippen LogP contribution in [0.1, 0.15) is 15.9 Å². The van der Waals surface area contributed by atoms with Crippen molar-refractivity contribution in [2.24, 2.45) is 10.2 Å². The highest BCUT2D eigenvalue weighted by molar-refractivity contribution is 7.97. The summed E-state index contributed by atoms with van der Waals surface area (Å²) >= 11 is 1.46. The summed E-state index contributed by atoms with van der Waals surface area (Å²) in [6.07, 6.45) is 0. The molecule has 0 atom stereocenters. The number of aromatic hydroxyl groups is 1. The van der Waals surface area contributed by atoms with Crippen LogP contribution in [0.25, 0.3) is 21.8 Å². The number of aromatic nitrogens is 2. The first-order chi connectivity index (χ1) is 18.4. The van der Waals surface area contributed by atoms with Gasteiger partial charge in [-0.1, -0.05) is 24.3 Å². The number of phenols is 1. The Morgan fingerprint density at radius 2 is 1.82 bits per heavy atom. The number of benzene rings is 4. The number of nitrogens with zero attached hydrogens (tertiary/aromatic N) is 2. The lowest BCUT2D eigenvalue weighted by molar-refractivity contribution is 0.102. The molecule has 0 fully saturated rings. The van der Waals surface area contributed by atoms with Gasteiger partial charge >= 0.3 is 5.69 Å². The van der Waals surface area contributed by atoms with E-state index in [4.69, 9.17) is 4.74 Å². The Morgan fingerprint density at radius 3 is 2.61 bits per heavy atom. The lowest BCUT2D eigenvalue weighted by Gasteiger charge is -2.12. The van der Waals surface area contributed by atoms with Crippen molar-refractivity contribution in [3.05, 3.63) is 82.3 Å². The van der Waals surface area contributed by atoms with Gasteiger partial charge in [0.15, 0.2) is 5.75 Å². The van der Waals surface area contributed by atoms with Crippen LogP contribution in [0.4, 0.5) is 17.1 Å². The Morgan fingerprint density at radius 1 is 1.03 bits per heavy atom. The van der Waals surface area contributed by atoms with Crippen molar-refractivity contribution in [1.82, 2.24) is 14.7 Å². The number of aromatic amines is 2. The maximum Gasteiger partial charge on any atom is 0.323 e. The Labute approximate surface area is 221 Å². The second kappa shape index (κ2) is 10.4. The predicted octanol–water partition coefficient (Wildman–Crippen LogP) is 5.93. The monoisotopic (exact) mass is 528 g/mol. The zero-order valence-electron chi connectivity index (χ0n) is 20.7. The fraction of sp³-hybridized carbons (Fsp3) is 0.111. The van der Waals surface area contributed by atoms with E-state index in [1.54, 1.807) is 37.4 Å². The summed E-state index contributed by atoms with van der Waals surface area (Å²) in [5.41, 5.74) is 2.93. The van der Waals surface area contributed by atoms with E-state index in [-0.39, 0.29) is 22.7 Å². The summed E-state index contributed by atoms with van der Waals surface area (Å²) in [6.45, 7) is 1.95. The number of anilines is 1. The lowest BCUT2D eigenvalue weighted by Crippen LogP contribution is -2.12. The van der Waals surface area contributed by atoms with E-state index in [1.807, 2.05) is 44.3 Å². The van der Waals surface area contributed by atoms with Crippen LogP contribution in [-0.2, 0) is 0 Å². The van der Waals surface area contributed by atoms with E-state index in [2.05, 4.69) is 30.2 Å². The maximum atomic E-state index is 13.2. The zero-order valence-corrected chi connectivity index (χ0v) is 21.6. The van der Waals surface area contributed by atoms with Crippen molar-refractivity contribution in [3.8, 4) is 11.5 Å². The molecule has 0 radical (unpaired) electrons. The van der Waals surface area contributed by atoms with Gasteiger partial charge < -0.3 is 25.1 Å². The highest BCUT2D eigenvalue weighted by Gasteiger charge is 2.19. The number of hydrogen-bond donors (Lipinski definition) is 5. The Kier molecular flexibility index (Phi) is 6.86. The van der Waals surface area contributed by atoms with Crippen molar-refractivity contribution in [3.63, 3.8) is 0 Å². The number of methoxy groups -OCH3 is 1. The summed E-state index contributed by atoms with van der Waals surface area (Å²) in [5.74, 6) is -0.323. The molecule has 0 aliphatic rings. The van der Waals surface area contributed by atoms with Gasteiger partial charge in [-0.15, -0.1) is 10.2 Å². The van der Waals surface area contributed by atoms with Gasteiger partial charge in [-0.25, -0.2) is 4.79 Å². The first kappa shape index (κ1) is 25.1. The fourth-order valence-corrected chi connectivity index (χ4v) is 4.73. The average Bonchev–Trinajstić information content (AvgIpc) is 3.28. The molecular weight excluding hydrogens is 504 g/mol. The molecule has 0 aliphatic heterocycles. The van der Waals surface area contributed by atoms with Crippen LogP contribution >= 0.6 is 11.9 Å². The summed E-state index contributed by atoms with van der Waals surface area (Å²) in [5, 5.41) is 24.0. The predicted molar refractivity (Wildman–Crippen MR) is 149 cm³/mol. The number of aryl methyl sites for hydroxylation is 1. The van der Waals surface area contributed by atoms with E-state index < -0.39 is 5.91 Å². The molecule has 1 aromatic heterocycles. The minimum atomic E-state index is -0.538. The van der Waals surface area contributed by atoms with E-state index in [0.717, 1.165) is 10.5 Å². The maximum absolute atomic E-state index is 13.2. The Balaban J connectivity index is 1.54. The van der Waals surface area contributed by atoms with Gasteiger partial charge in [0.2, 0.25) is 0 Å². The second-order valence-electron chi connectivity index (χ2n) is 8.43. The highest BCUT2D eigenvalue weighted by Crippen LogP contribution is 2.41. The van der Waals surface area contributed by atoms with Gasteiger partial charge in [-0.05, 0) is 73.3 Å². The Hall–Kier alpha value is -4.61. The van der Waals surface area contributed by atoms with Gasteiger partial charge in [0.25, 0.3) is 5.91 Å². The number of H-pyrrole nitrogens is 2. The molecule has 0 saturated heterocycles. The van der Waals surface area contributed by atoms with Crippen molar-refractivity contribution < 1.29 is 14.6 Å². The number of imidazole rings is 1. The van der Waals surface area contributed by atoms with Crippen LogP contribution in [-0.4, -0.2) is 35.1 Å². The van der Waals surface area contributed by atoms with E-state index in [9.17, 15) is 14.7 Å². The number of nitrogens with one attached hydrogen (secondary N) is 4. The molecule has 10 nitrogen and oxygen atoms in total. The van der Waals surface area contributed by atoms with Gasteiger partial charge in [0.1, 0.15) is 17.1 Å². The van der Waals surface area contributed by atoms with Crippen LogP contribution in [0, 0.1) is 6.92 Å². The van der Waals surface area contributed by atoms with Crippen LogP contribution in [0.2, 0.25) is 0 Å². The van der Waals surface area contributed by atoms with Crippen molar-refractivity contribution >= 4 is 56.7 Å². The number of azo groups is 1. The van der Waals surface area contributed by atoms with Crippen molar-refractivity contribution in [1.29, 1.82) is 0 Å². The summed E-state index contributed by atoms with van der Waals surface area (Å²) < 4.78 is 8.55. The second-order valence-corrected chi connectivity index (χ2v) is 9.48. The third-order valence-corrected chi connectivity index (χ3v) is 6.82. The summed E-state index contributed by atoms with van der Waals surface area (Å²) in [4.78, 5) is 31.1. The lowest BCUT2D eigenvalue weighted by atomic mass is 10.0. The molecule has 1 heterocycles. The summed E-state index contributed by atoms with van der Waals surface area (Å²) in [6, 6.07) is 17.6. The van der Waals surface area contributed by atoms with Gasteiger partial charge in [-0.2, -0.15) is 0 Å². The van der Waals surface area contributed by atoms with E-state index >= 15 is 0 Å². The number of hydrogen-bond acceptors (Lipinski definition) is 8. The van der Waals surface area contributed by atoms with Gasteiger partial charge in [0, 0.05) is 16.0 Å². The fourth-order valence-electron chi connectivity index (χ4n) is 4.12. The van der Waals surface area contributed by atoms with Gasteiger partial charge in [-0.3, -0.25) is 9.52 Å². The normalized spacial score (nSPS) is 11.4. The van der Waals surface area contributed by atoms with Crippen molar-refractivity contribution in [2.45, 2.75) is 11.8 Å². The van der Waals surface area contributed by atoms with Gasteiger partial charge in [0.05, 0.1) is 23.7 Å². The number of ether oxygens (including phenoxy) is 1. The molecule has 0 saturated carbocycles. The van der Waals surface area contributed by atoms with Crippen LogP contribution in [0.3, 0.4) is 0 Å². The molecule has 0 spiro atoms. The van der Waals surface area contributed by atoms with Crippen LogP contribution in [0.5, 0.6) is 11.5 Å². The molecule has 5 rings (SSSR count). The molecule has 192 valence electrons. The number of carbonyl (C=O) groups is 1. The van der Waals surface area contributed by atoms with Crippen LogP contribution < -0.4 is 20.5 Å². The SMILES string of the molecule is CNSc1cc(OC)c(/N=N/c2c(O)c(C(=O)Nc3ccc4[nH]c(=O)[nH]c4c3)cc3ccccc23)cc1C. The molecule has 11 heteroatoms. The minimum Gasteiger partial charge on any atom is -0.505 e. The van der Waals surface area contributed by atoms with E-state index in [0.29, 0.717) is 38.9 Å². The smallest absolute Gasteiger partial charge is 0.323 e. The average molecular weight is 529 g/mol. The molecule has 38 heavy (non-hydrogen) atoms. The largest absolute Gasteiger partial charge is 0.505 e. The molecule has 5 aromatic rings. The number of phenolic OH excluding ortho intramolecular Hbond substituents is 1. The first-order valence-corrected chi connectivity index (χ1v) is 12.4. The molecule has 0 unspecified atom stereocenters. The highest BCUT2D eigenvalue weighted by atomic mass is 32.2. The van der Waals surface area contributed by atoms with E-state index in [1.165, 1.54) is 11.9 Å². The summed E-state index contributed by atoms with van der Waals surface area (Å²) in [7, 11) is 3.39. The Bertz CT molecular complexity index is 1780. The zero-order chi connectivity index (χ0) is 26.8. The third-order valence-electron chi connectivity index (χ3n) is 5.96. The van der Waals surface area contributed by atoms with Crippen molar-refractivity contribution in [2.75, 3.05) is 19.5 Å². The first-order valence-electron chi connectivity index (χ1n) is 11.6.